The number of carbonyl (C=O) groups is 2. The second kappa shape index (κ2) is 8.96. The highest BCUT2D eigenvalue weighted by molar-refractivity contribution is 7.18. The van der Waals surface area contributed by atoms with Gasteiger partial charge in [-0.2, -0.15) is 0 Å². The van der Waals surface area contributed by atoms with E-state index in [-0.39, 0.29) is 9.88 Å². The second-order valence-corrected chi connectivity index (χ2v) is 9.16. The molecule has 0 spiro atoms. The van der Waals surface area contributed by atoms with Crippen molar-refractivity contribution in [3.8, 4) is 0 Å². The van der Waals surface area contributed by atoms with Crippen LogP contribution in [0.2, 0.25) is 0 Å². The molecule has 0 saturated carbocycles. The minimum absolute atomic E-state index is 0.111. The van der Waals surface area contributed by atoms with Gasteiger partial charge >= 0.3 is 11.0 Å². The minimum atomic E-state index is -0.535. The zero-order chi connectivity index (χ0) is 22.0. The smallest absolute Gasteiger partial charge is 0.341 e. The second-order valence-electron chi connectivity index (χ2n) is 6.99. The Kier molecular flexibility index (Phi) is 6.12. The van der Waals surface area contributed by atoms with Crippen LogP contribution >= 0.6 is 22.7 Å². The third kappa shape index (κ3) is 4.50. The predicted molar refractivity (Wildman–Crippen MR) is 119 cm³/mol. The Bertz CT molecular complexity index is 1140. The van der Waals surface area contributed by atoms with Crippen LogP contribution < -0.4 is 5.32 Å². The molecule has 3 aromatic rings. The lowest BCUT2D eigenvalue weighted by Gasteiger charge is -2.27. The van der Waals surface area contributed by atoms with Crippen LogP contribution in [0, 0.1) is 10.1 Å². The molecule has 1 aliphatic heterocycles. The Morgan fingerprint density at radius 1 is 1.19 bits per heavy atom. The molecule has 0 bridgehead atoms. The van der Waals surface area contributed by atoms with Gasteiger partial charge in [-0.25, -0.2) is 4.79 Å². The summed E-state index contributed by atoms with van der Waals surface area (Å²) in [5, 5.41) is 14.0. The van der Waals surface area contributed by atoms with Gasteiger partial charge in [0.2, 0.25) is 0 Å². The molecule has 0 radical (unpaired) electrons. The molecule has 2 aromatic heterocycles. The normalized spacial score (nSPS) is 13.5. The van der Waals surface area contributed by atoms with Crippen molar-refractivity contribution < 1.29 is 19.2 Å². The van der Waals surface area contributed by atoms with Gasteiger partial charge in [-0.1, -0.05) is 41.7 Å². The zero-order valence-electron chi connectivity index (χ0n) is 16.6. The van der Waals surface area contributed by atoms with Gasteiger partial charge in [-0.3, -0.25) is 19.8 Å². The van der Waals surface area contributed by atoms with Gasteiger partial charge in [0.1, 0.15) is 5.00 Å². The number of benzene rings is 1. The number of esters is 1. The van der Waals surface area contributed by atoms with E-state index < -0.39 is 16.8 Å². The third-order valence-corrected chi connectivity index (χ3v) is 7.16. The summed E-state index contributed by atoms with van der Waals surface area (Å²) in [5.41, 5.74) is 2.48. The molecule has 0 atom stereocenters. The number of thiophene rings is 2. The van der Waals surface area contributed by atoms with Crippen LogP contribution in [0.15, 0.2) is 42.5 Å². The first-order valence-electron chi connectivity index (χ1n) is 9.51. The predicted octanol–water partition coefficient (Wildman–Crippen LogP) is 4.32. The summed E-state index contributed by atoms with van der Waals surface area (Å²) in [5.74, 6) is -0.982. The molecule has 3 heterocycles. The molecule has 1 N–H and O–H groups in total. The number of carbonyl (C=O) groups excluding carboxylic acids is 2. The van der Waals surface area contributed by atoms with E-state index in [1.807, 2.05) is 18.2 Å². The Morgan fingerprint density at radius 3 is 2.65 bits per heavy atom. The van der Waals surface area contributed by atoms with E-state index >= 15 is 0 Å². The van der Waals surface area contributed by atoms with Gasteiger partial charge in [0.25, 0.3) is 5.91 Å². The lowest BCUT2D eigenvalue weighted by atomic mass is 10.0. The Hall–Kier alpha value is -3.08. The van der Waals surface area contributed by atoms with Crippen molar-refractivity contribution >= 4 is 44.6 Å². The van der Waals surface area contributed by atoms with Gasteiger partial charge in [0.15, 0.2) is 0 Å². The summed E-state index contributed by atoms with van der Waals surface area (Å²) < 4.78 is 4.96. The number of nitrogens with one attached hydrogen (secondary N) is 1. The van der Waals surface area contributed by atoms with E-state index in [1.165, 1.54) is 36.1 Å². The van der Waals surface area contributed by atoms with Crippen molar-refractivity contribution in [1.29, 1.82) is 0 Å². The first-order valence-corrected chi connectivity index (χ1v) is 11.1. The monoisotopic (exact) mass is 457 g/mol. The van der Waals surface area contributed by atoms with Crippen LogP contribution in [-0.4, -0.2) is 35.4 Å². The molecule has 1 aromatic carbocycles. The lowest BCUT2D eigenvalue weighted by molar-refractivity contribution is -0.380. The molecule has 0 saturated heterocycles. The number of rotatable bonds is 6. The van der Waals surface area contributed by atoms with Gasteiger partial charge in [0, 0.05) is 30.6 Å². The largest absolute Gasteiger partial charge is 0.465 e. The number of amides is 1. The van der Waals surface area contributed by atoms with Crippen molar-refractivity contribution in [2.75, 3.05) is 19.0 Å². The molecule has 10 heteroatoms. The van der Waals surface area contributed by atoms with E-state index in [1.54, 1.807) is 0 Å². The van der Waals surface area contributed by atoms with E-state index in [4.69, 9.17) is 4.74 Å². The van der Waals surface area contributed by atoms with Crippen molar-refractivity contribution in [1.82, 2.24) is 4.90 Å². The third-order valence-electron chi connectivity index (χ3n) is 5.00. The molecule has 0 unspecified atom stereocenters. The number of nitro groups is 1. The van der Waals surface area contributed by atoms with E-state index in [0.29, 0.717) is 23.5 Å². The average Bonchev–Trinajstić information content (AvgIpc) is 3.39. The van der Waals surface area contributed by atoms with Crippen molar-refractivity contribution in [3.05, 3.63) is 79.0 Å². The number of methoxy groups -OCH3 is 1. The molecular weight excluding hydrogens is 438 g/mol. The number of anilines is 1. The maximum absolute atomic E-state index is 12.7. The number of ether oxygens (including phenoxy) is 1. The molecule has 0 aliphatic carbocycles. The molecule has 0 fully saturated rings. The first kappa shape index (κ1) is 21.2. The molecule has 1 aliphatic rings. The summed E-state index contributed by atoms with van der Waals surface area (Å²) in [6.07, 6.45) is 0.670. The maximum atomic E-state index is 12.7. The first-order chi connectivity index (χ1) is 15.0. The van der Waals surface area contributed by atoms with E-state index in [2.05, 4.69) is 22.3 Å². The fourth-order valence-electron chi connectivity index (χ4n) is 3.55. The fraction of sp³-hybridized carbons (Fsp3) is 0.238. The van der Waals surface area contributed by atoms with Crippen molar-refractivity contribution in [3.63, 3.8) is 0 Å². The Balaban J connectivity index is 1.57. The number of nitrogens with zero attached hydrogens (tertiary/aromatic N) is 2. The van der Waals surface area contributed by atoms with Gasteiger partial charge in [-0.05, 0) is 23.6 Å². The molecule has 8 nitrogen and oxygen atoms in total. The molecule has 4 rings (SSSR count). The number of hydrogen-bond donors (Lipinski definition) is 1. The zero-order valence-corrected chi connectivity index (χ0v) is 18.3. The number of hydrogen-bond acceptors (Lipinski definition) is 8. The van der Waals surface area contributed by atoms with Crippen LogP contribution in [0.5, 0.6) is 0 Å². The highest BCUT2D eigenvalue weighted by Gasteiger charge is 2.30. The van der Waals surface area contributed by atoms with Crippen LogP contribution in [0.1, 0.15) is 36.0 Å². The summed E-state index contributed by atoms with van der Waals surface area (Å²) in [6, 6.07) is 12.9. The topological polar surface area (TPSA) is 102 Å². The van der Waals surface area contributed by atoms with Gasteiger partial charge in [0.05, 0.1) is 22.5 Å². The van der Waals surface area contributed by atoms with Crippen LogP contribution in [0.25, 0.3) is 0 Å². The van der Waals surface area contributed by atoms with Gasteiger partial charge < -0.3 is 10.1 Å². The van der Waals surface area contributed by atoms with Gasteiger partial charge in [-0.15, -0.1) is 11.3 Å². The van der Waals surface area contributed by atoms with Crippen LogP contribution in [-0.2, 0) is 24.2 Å². The quantitative estimate of drug-likeness (QED) is 0.336. The fourth-order valence-corrected chi connectivity index (χ4v) is 5.54. The maximum Gasteiger partial charge on any atom is 0.341 e. The molecular formula is C21H19N3O5S2. The average molecular weight is 458 g/mol. The van der Waals surface area contributed by atoms with Crippen LogP contribution in [0.3, 0.4) is 0 Å². The minimum Gasteiger partial charge on any atom is -0.465 e. The summed E-state index contributed by atoms with van der Waals surface area (Å²) in [6.45, 7) is 2.25. The summed E-state index contributed by atoms with van der Waals surface area (Å²) in [4.78, 5) is 39.0. The highest BCUT2D eigenvalue weighted by Crippen LogP contribution is 2.38. The van der Waals surface area contributed by atoms with E-state index in [0.717, 1.165) is 34.9 Å². The SMILES string of the molecule is COC(=O)c1c(NC(=O)c2ccc([N+](=O)[O-])s2)sc2c1CCN(Cc1ccccc1)C2. The Morgan fingerprint density at radius 2 is 1.97 bits per heavy atom. The lowest BCUT2D eigenvalue weighted by Crippen LogP contribution is -2.29. The number of fused-ring (bicyclic) bond motifs is 1. The molecule has 31 heavy (non-hydrogen) atoms. The summed E-state index contributed by atoms with van der Waals surface area (Å²) in [7, 11) is 1.31. The van der Waals surface area contributed by atoms with Crippen molar-refractivity contribution in [2.24, 2.45) is 0 Å². The van der Waals surface area contributed by atoms with E-state index in [9.17, 15) is 19.7 Å². The molecule has 1 amide bonds. The molecule has 160 valence electrons. The summed E-state index contributed by atoms with van der Waals surface area (Å²) >= 11 is 2.15. The van der Waals surface area contributed by atoms with Crippen molar-refractivity contribution in [2.45, 2.75) is 19.5 Å². The standard InChI is InChI=1S/C21H19N3O5S2/c1-29-21(26)18-14-9-10-23(11-13-5-3-2-4-6-13)12-16(14)31-20(18)22-19(25)15-7-8-17(30-15)24(27)28/h2-8H,9-12H2,1H3,(H,22,25). The Labute approximate surface area is 186 Å². The highest BCUT2D eigenvalue weighted by atomic mass is 32.1. The van der Waals surface area contributed by atoms with Crippen LogP contribution in [0.4, 0.5) is 10.0 Å².